The lowest BCUT2D eigenvalue weighted by Gasteiger charge is -2.13. The summed E-state index contributed by atoms with van der Waals surface area (Å²) in [6.45, 7) is 4.75. The van der Waals surface area contributed by atoms with Crippen molar-refractivity contribution < 1.29 is 4.74 Å². The summed E-state index contributed by atoms with van der Waals surface area (Å²) in [5, 5.41) is 12.2. The molecule has 0 aliphatic carbocycles. The van der Waals surface area contributed by atoms with Crippen LogP contribution in [0.4, 0.5) is 5.82 Å². The van der Waals surface area contributed by atoms with Gasteiger partial charge < -0.3 is 10.1 Å². The van der Waals surface area contributed by atoms with E-state index in [0.717, 1.165) is 29.2 Å². The SMILES string of the molecule is CCNc1ncnc(-c2cc(C#N)ccc2OC)c1C. The van der Waals surface area contributed by atoms with Crippen LogP contribution >= 0.6 is 0 Å². The Morgan fingerprint density at radius 3 is 2.80 bits per heavy atom. The molecule has 0 radical (unpaired) electrons. The van der Waals surface area contributed by atoms with Crippen LogP contribution in [0.1, 0.15) is 18.1 Å². The maximum atomic E-state index is 9.04. The van der Waals surface area contributed by atoms with E-state index in [-0.39, 0.29) is 0 Å². The molecule has 1 N–H and O–H groups in total. The van der Waals surface area contributed by atoms with Gasteiger partial charge in [0.2, 0.25) is 0 Å². The van der Waals surface area contributed by atoms with E-state index < -0.39 is 0 Å². The lowest BCUT2D eigenvalue weighted by Crippen LogP contribution is -2.04. The number of hydrogen-bond acceptors (Lipinski definition) is 5. The second-order valence-electron chi connectivity index (χ2n) is 4.25. The molecule has 0 spiro atoms. The molecule has 5 heteroatoms. The highest BCUT2D eigenvalue weighted by Gasteiger charge is 2.13. The van der Waals surface area contributed by atoms with Crippen LogP contribution < -0.4 is 10.1 Å². The summed E-state index contributed by atoms with van der Waals surface area (Å²) in [5.41, 5.74) is 3.07. The third-order valence-corrected chi connectivity index (χ3v) is 3.01. The Morgan fingerprint density at radius 2 is 2.15 bits per heavy atom. The number of methoxy groups -OCH3 is 1. The van der Waals surface area contributed by atoms with E-state index in [2.05, 4.69) is 21.4 Å². The molecule has 0 aliphatic rings. The van der Waals surface area contributed by atoms with E-state index in [9.17, 15) is 0 Å². The van der Waals surface area contributed by atoms with Crippen molar-refractivity contribution in [2.75, 3.05) is 19.0 Å². The van der Waals surface area contributed by atoms with Crippen molar-refractivity contribution >= 4 is 5.82 Å². The molecule has 0 fully saturated rings. The smallest absolute Gasteiger partial charge is 0.132 e. The van der Waals surface area contributed by atoms with E-state index in [1.165, 1.54) is 6.33 Å². The number of nitrogens with zero attached hydrogens (tertiary/aromatic N) is 3. The van der Waals surface area contributed by atoms with Gasteiger partial charge in [0.15, 0.2) is 0 Å². The second-order valence-corrected chi connectivity index (χ2v) is 4.25. The molecule has 0 aliphatic heterocycles. The number of hydrogen-bond donors (Lipinski definition) is 1. The monoisotopic (exact) mass is 268 g/mol. The van der Waals surface area contributed by atoms with Crippen LogP contribution in [-0.4, -0.2) is 23.6 Å². The standard InChI is InChI=1S/C15H16N4O/c1-4-17-15-10(2)14(18-9-19-15)12-7-11(8-16)5-6-13(12)20-3/h5-7,9H,4H2,1-3H3,(H,17,18,19). The molecule has 0 saturated heterocycles. The summed E-state index contributed by atoms with van der Waals surface area (Å²) in [4.78, 5) is 8.56. The quantitative estimate of drug-likeness (QED) is 0.923. The molecule has 1 aromatic heterocycles. The third-order valence-electron chi connectivity index (χ3n) is 3.01. The number of anilines is 1. The van der Waals surface area contributed by atoms with Crippen molar-refractivity contribution in [3.8, 4) is 23.1 Å². The van der Waals surface area contributed by atoms with Crippen molar-refractivity contribution in [1.29, 1.82) is 5.26 Å². The zero-order valence-corrected chi connectivity index (χ0v) is 11.8. The van der Waals surface area contributed by atoms with Crippen molar-refractivity contribution in [2.24, 2.45) is 0 Å². The largest absolute Gasteiger partial charge is 0.496 e. The molecular weight excluding hydrogens is 252 g/mol. The van der Waals surface area contributed by atoms with E-state index in [0.29, 0.717) is 11.3 Å². The number of nitrogens with one attached hydrogen (secondary N) is 1. The number of nitriles is 1. The highest BCUT2D eigenvalue weighted by molar-refractivity contribution is 5.74. The first-order valence-electron chi connectivity index (χ1n) is 6.35. The van der Waals surface area contributed by atoms with Gasteiger partial charge in [0, 0.05) is 17.7 Å². The van der Waals surface area contributed by atoms with Crippen molar-refractivity contribution in [3.05, 3.63) is 35.7 Å². The molecule has 20 heavy (non-hydrogen) atoms. The molecule has 0 saturated carbocycles. The van der Waals surface area contributed by atoms with Crippen LogP contribution in [0.15, 0.2) is 24.5 Å². The van der Waals surface area contributed by atoms with E-state index in [1.807, 2.05) is 13.8 Å². The molecule has 102 valence electrons. The Labute approximate surface area is 118 Å². The van der Waals surface area contributed by atoms with E-state index in [4.69, 9.17) is 10.00 Å². The maximum absolute atomic E-state index is 9.04. The molecule has 0 amide bonds. The Hall–Kier alpha value is -2.61. The first-order chi connectivity index (χ1) is 9.71. The zero-order valence-electron chi connectivity index (χ0n) is 11.8. The Kier molecular flexibility index (Phi) is 4.16. The zero-order chi connectivity index (χ0) is 14.5. The molecule has 5 nitrogen and oxygen atoms in total. The van der Waals surface area contributed by atoms with E-state index >= 15 is 0 Å². The maximum Gasteiger partial charge on any atom is 0.132 e. The summed E-state index contributed by atoms with van der Waals surface area (Å²) in [7, 11) is 1.60. The van der Waals surface area contributed by atoms with Gasteiger partial charge in [-0.05, 0) is 32.0 Å². The fourth-order valence-corrected chi connectivity index (χ4v) is 2.03. The number of aromatic nitrogens is 2. The van der Waals surface area contributed by atoms with Gasteiger partial charge in [0.05, 0.1) is 24.4 Å². The van der Waals surface area contributed by atoms with Crippen LogP contribution in [0, 0.1) is 18.3 Å². The first-order valence-corrected chi connectivity index (χ1v) is 6.35. The van der Waals surface area contributed by atoms with Crippen molar-refractivity contribution in [2.45, 2.75) is 13.8 Å². The summed E-state index contributed by atoms with van der Waals surface area (Å²) < 4.78 is 5.36. The summed E-state index contributed by atoms with van der Waals surface area (Å²) in [6.07, 6.45) is 1.51. The summed E-state index contributed by atoms with van der Waals surface area (Å²) in [5.74, 6) is 1.48. The fraction of sp³-hybridized carbons (Fsp3) is 0.267. The van der Waals surface area contributed by atoms with Gasteiger partial charge in [-0.2, -0.15) is 5.26 Å². The van der Waals surface area contributed by atoms with Gasteiger partial charge in [-0.1, -0.05) is 0 Å². The van der Waals surface area contributed by atoms with Crippen LogP contribution in [-0.2, 0) is 0 Å². The summed E-state index contributed by atoms with van der Waals surface area (Å²) >= 11 is 0. The lowest BCUT2D eigenvalue weighted by atomic mass is 10.0. The highest BCUT2D eigenvalue weighted by Crippen LogP contribution is 2.33. The minimum Gasteiger partial charge on any atom is -0.496 e. The number of benzene rings is 1. The number of rotatable bonds is 4. The normalized spacial score (nSPS) is 9.90. The van der Waals surface area contributed by atoms with Gasteiger partial charge in [-0.25, -0.2) is 9.97 Å². The fourth-order valence-electron chi connectivity index (χ4n) is 2.03. The van der Waals surface area contributed by atoms with Crippen LogP contribution in [0.5, 0.6) is 5.75 Å². The average Bonchev–Trinajstić information content (AvgIpc) is 2.49. The van der Waals surface area contributed by atoms with Gasteiger partial charge in [0.1, 0.15) is 17.9 Å². The molecular formula is C15H16N4O. The van der Waals surface area contributed by atoms with Crippen molar-refractivity contribution in [3.63, 3.8) is 0 Å². The lowest BCUT2D eigenvalue weighted by molar-refractivity contribution is 0.416. The molecule has 1 heterocycles. The Morgan fingerprint density at radius 1 is 1.35 bits per heavy atom. The van der Waals surface area contributed by atoms with Crippen LogP contribution in [0.3, 0.4) is 0 Å². The minimum absolute atomic E-state index is 0.573. The number of ether oxygens (including phenoxy) is 1. The second kappa shape index (κ2) is 6.02. The highest BCUT2D eigenvalue weighted by atomic mass is 16.5. The molecule has 0 atom stereocenters. The first kappa shape index (κ1) is 13.8. The molecule has 2 aromatic rings. The predicted octanol–water partition coefficient (Wildman–Crippen LogP) is 2.76. The van der Waals surface area contributed by atoms with Crippen molar-refractivity contribution in [1.82, 2.24) is 9.97 Å². The van der Waals surface area contributed by atoms with Crippen LogP contribution in [0.25, 0.3) is 11.3 Å². The Balaban J connectivity index is 2.61. The molecule has 0 unspecified atom stereocenters. The summed E-state index contributed by atoms with van der Waals surface area (Å²) in [6, 6.07) is 7.42. The molecule has 2 rings (SSSR count). The molecule has 1 aromatic carbocycles. The predicted molar refractivity (Wildman–Crippen MR) is 77.6 cm³/mol. The van der Waals surface area contributed by atoms with Gasteiger partial charge >= 0.3 is 0 Å². The van der Waals surface area contributed by atoms with Crippen LogP contribution in [0.2, 0.25) is 0 Å². The minimum atomic E-state index is 0.573. The Bertz CT molecular complexity index is 661. The third kappa shape index (κ3) is 2.54. The van der Waals surface area contributed by atoms with Gasteiger partial charge in [-0.15, -0.1) is 0 Å². The average molecular weight is 268 g/mol. The molecule has 0 bridgehead atoms. The van der Waals surface area contributed by atoms with Gasteiger partial charge in [-0.3, -0.25) is 0 Å². The van der Waals surface area contributed by atoms with Gasteiger partial charge in [0.25, 0.3) is 0 Å². The topological polar surface area (TPSA) is 70.8 Å². The van der Waals surface area contributed by atoms with E-state index in [1.54, 1.807) is 25.3 Å².